The number of anilines is 2. The maximum atomic E-state index is 15.1. The average molecular weight is 562 g/mol. The van der Waals surface area contributed by atoms with E-state index < -0.39 is 17.7 Å². The van der Waals surface area contributed by atoms with Crippen molar-refractivity contribution in [3.8, 4) is 11.8 Å². The van der Waals surface area contributed by atoms with Crippen LogP contribution >= 0.6 is 11.6 Å². The van der Waals surface area contributed by atoms with Crippen molar-refractivity contribution in [3.05, 3.63) is 106 Å². The van der Waals surface area contributed by atoms with E-state index in [2.05, 4.69) is 10.4 Å². The first-order chi connectivity index (χ1) is 19.1. The number of aromatic nitrogens is 2. The third kappa shape index (κ3) is 4.76. The molecule has 3 aromatic carbocycles. The van der Waals surface area contributed by atoms with E-state index in [0.29, 0.717) is 23.0 Å². The number of alkyl halides is 2. The summed E-state index contributed by atoms with van der Waals surface area (Å²) in [6.45, 7) is 2.14. The summed E-state index contributed by atoms with van der Waals surface area (Å²) in [5.74, 6) is -3.92. The van der Waals surface area contributed by atoms with Gasteiger partial charge in [0.05, 0.1) is 37.1 Å². The van der Waals surface area contributed by atoms with Gasteiger partial charge in [-0.3, -0.25) is 14.3 Å². The zero-order chi connectivity index (χ0) is 28.6. The number of carbonyl (C=O) groups excluding carboxylic acids is 2. The third-order valence-corrected chi connectivity index (χ3v) is 6.94. The lowest BCUT2D eigenvalue weighted by Crippen LogP contribution is -2.47. The number of fused-ring (bicyclic) bond motifs is 1. The summed E-state index contributed by atoms with van der Waals surface area (Å²) < 4.78 is 36.8. The van der Waals surface area contributed by atoms with E-state index in [1.54, 1.807) is 0 Å². The Balaban J connectivity index is 1.40. The number of benzene rings is 3. The van der Waals surface area contributed by atoms with Crippen LogP contribution in [0.4, 0.5) is 20.2 Å². The number of nitrogens with zero attached hydrogens (tertiary/aromatic N) is 4. The fourth-order valence-electron chi connectivity index (χ4n) is 4.65. The van der Waals surface area contributed by atoms with Crippen LogP contribution in [0.25, 0.3) is 0 Å². The number of hydrogen-bond acceptors (Lipinski definition) is 5. The Morgan fingerprint density at radius 1 is 1.12 bits per heavy atom. The topological polar surface area (TPSA) is 100 Å². The van der Waals surface area contributed by atoms with Gasteiger partial charge in [-0.05, 0) is 49.4 Å². The molecule has 1 N–H and O–H groups in total. The molecule has 1 atom stereocenters. The highest BCUT2D eigenvalue weighted by atomic mass is 35.5. The van der Waals surface area contributed by atoms with Crippen LogP contribution in [0.5, 0.6) is 5.75 Å². The van der Waals surface area contributed by atoms with Gasteiger partial charge in [-0.2, -0.15) is 19.1 Å². The van der Waals surface area contributed by atoms with Gasteiger partial charge in [-0.25, -0.2) is 0 Å². The predicted molar refractivity (Wildman–Crippen MR) is 145 cm³/mol. The van der Waals surface area contributed by atoms with Crippen molar-refractivity contribution in [2.24, 2.45) is 0 Å². The molecule has 0 radical (unpaired) electrons. The van der Waals surface area contributed by atoms with E-state index in [1.807, 2.05) is 13.0 Å². The van der Waals surface area contributed by atoms with Gasteiger partial charge in [-0.15, -0.1) is 0 Å². The Hall–Kier alpha value is -4.75. The summed E-state index contributed by atoms with van der Waals surface area (Å²) >= 11 is 5.84. The molecule has 202 valence electrons. The number of amides is 2. The molecule has 11 heteroatoms. The first-order valence-electron chi connectivity index (χ1n) is 12.2. The minimum atomic E-state index is -3.26. The molecule has 2 heterocycles. The van der Waals surface area contributed by atoms with Gasteiger partial charge in [0.2, 0.25) is 0 Å². The molecule has 40 heavy (non-hydrogen) atoms. The van der Waals surface area contributed by atoms with Gasteiger partial charge in [0.1, 0.15) is 17.5 Å². The standard InChI is InChI=1S/C29H22ClF2N5O3/c1-17-16-36-26(24(15-34-36)35-27(38)18-3-12-25(40-2)19(13-18)14-33)28(39)37(17)23-10-6-21(7-11-23)29(31,32)20-4-8-22(30)9-5-20/h3-13,15,17H,16H2,1-2H3,(H,35,38)/t17-/m0/s1. The van der Waals surface area contributed by atoms with Gasteiger partial charge < -0.3 is 15.0 Å². The predicted octanol–water partition coefficient (Wildman–Crippen LogP) is 5.86. The van der Waals surface area contributed by atoms with Crippen molar-refractivity contribution in [2.75, 3.05) is 17.3 Å². The van der Waals surface area contributed by atoms with Crippen molar-refractivity contribution in [1.29, 1.82) is 5.26 Å². The maximum absolute atomic E-state index is 15.1. The Labute approximate surface area is 233 Å². The number of nitrogens with one attached hydrogen (secondary N) is 1. The van der Waals surface area contributed by atoms with Crippen LogP contribution in [0, 0.1) is 11.3 Å². The van der Waals surface area contributed by atoms with Crippen molar-refractivity contribution < 1.29 is 23.1 Å². The van der Waals surface area contributed by atoms with Crippen LogP contribution in [0.2, 0.25) is 5.02 Å². The van der Waals surface area contributed by atoms with Gasteiger partial charge in [0.25, 0.3) is 17.7 Å². The number of carbonyl (C=O) groups is 2. The normalized spacial score (nSPS) is 14.8. The highest BCUT2D eigenvalue weighted by Crippen LogP contribution is 2.38. The number of rotatable bonds is 6. The molecule has 5 rings (SSSR count). The zero-order valence-corrected chi connectivity index (χ0v) is 22.1. The summed E-state index contributed by atoms with van der Waals surface area (Å²) in [5.41, 5.74) is 0.714. The molecule has 0 unspecified atom stereocenters. The minimum Gasteiger partial charge on any atom is -0.495 e. The van der Waals surface area contributed by atoms with E-state index in [4.69, 9.17) is 16.3 Å². The van der Waals surface area contributed by atoms with Crippen molar-refractivity contribution in [2.45, 2.75) is 25.4 Å². The Morgan fingerprint density at radius 3 is 2.40 bits per heavy atom. The quantitative estimate of drug-likeness (QED) is 0.318. The second-order valence-corrected chi connectivity index (χ2v) is 9.66. The SMILES string of the molecule is COc1ccc(C(=O)Nc2cnn3c2C(=O)N(c2ccc(C(F)(F)c4ccc(Cl)cc4)cc2)[C@@H](C)C3)cc1C#N. The lowest BCUT2D eigenvalue weighted by molar-refractivity contribution is 0.0428. The van der Waals surface area contributed by atoms with Gasteiger partial charge in [0.15, 0.2) is 0 Å². The summed E-state index contributed by atoms with van der Waals surface area (Å²) in [4.78, 5) is 28.1. The third-order valence-electron chi connectivity index (χ3n) is 6.68. The summed E-state index contributed by atoms with van der Waals surface area (Å²) in [5, 5.41) is 16.6. The Kier molecular flexibility index (Phi) is 7.00. The van der Waals surface area contributed by atoms with Crippen LogP contribution in [-0.2, 0) is 12.5 Å². The maximum Gasteiger partial charge on any atom is 0.298 e. The molecule has 0 bridgehead atoms. The molecule has 1 aliphatic heterocycles. The highest BCUT2D eigenvalue weighted by molar-refractivity contribution is 6.30. The molecule has 2 amide bonds. The molecule has 0 spiro atoms. The second kappa shape index (κ2) is 10.4. The fraction of sp³-hybridized carbons (Fsp3) is 0.172. The van der Waals surface area contributed by atoms with Crippen molar-refractivity contribution >= 4 is 34.8 Å². The molecule has 1 aliphatic rings. The largest absolute Gasteiger partial charge is 0.495 e. The number of methoxy groups -OCH3 is 1. The van der Waals surface area contributed by atoms with Crippen LogP contribution < -0.4 is 15.0 Å². The van der Waals surface area contributed by atoms with Gasteiger partial charge in [-0.1, -0.05) is 35.9 Å². The van der Waals surface area contributed by atoms with Crippen LogP contribution in [0.3, 0.4) is 0 Å². The number of hydrogen-bond donors (Lipinski definition) is 1. The molecule has 8 nitrogen and oxygen atoms in total. The molecular weight excluding hydrogens is 540 g/mol. The monoisotopic (exact) mass is 561 g/mol. The smallest absolute Gasteiger partial charge is 0.298 e. The average Bonchev–Trinajstić information content (AvgIpc) is 3.35. The summed E-state index contributed by atoms with van der Waals surface area (Å²) in [7, 11) is 1.42. The van der Waals surface area contributed by atoms with E-state index in [9.17, 15) is 14.9 Å². The number of halogens is 3. The number of ether oxygens (including phenoxy) is 1. The fourth-order valence-corrected chi connectivity index (χ4v) is 4.77. The molecule has 0 saturated heterocycles. The molecule has 0 saturated carbocycles. The van der Waals surface area contributed by atoms with Gasteiger partial charge >= 0.3 is 0 Å². The van der Waals surface area contributed by atoms with E-state index >= 15 is 8.78 Å². The molecule has 1 aromatic heterocycles. The first-order valence-corrected chi connectivity index (χ1v) is 12.5. The van der Waals surface area contributed by atoms with Gasteiger partial charge in [0, 0.05) is 27.4 Å². The zero-order valence-electron chi connectivity index (χ0n) is 21.4. The Bertz CT molecular complexity index is 1650. The van der Waals surface area contributed by atoms with E-state index in [-0.39, 0.29) is 39.7 Å². The second-order valence-electron chi connectivity index (χ2n) is 9.22. The molecule has 4 aromatic rings. The lowest BCUT2D eigenvalue weighted by Gasteiger charge is -2.34. The Morgan fingerprint density at radius 2 is 1.77 bits per heavy atom. The summed E-state index contributed by atoms with van der Waals surface area (Å²) in [6, 6.07) is 16.9. The van der Waals surface area contributed by atoms with Crippen molar-refractivity contribution in [1.82, 2.24) is 9.78 Å². The first kappa shape index (κ1) is 26.8. The van der Waals surface area contributed by atoms with Crippen LogP contribution in [0.15, 0.2) is 72.9 Å². The lowest BCUT2D eigenvalue weighted by atomic mass is 9.99. The van der Waals surface area contributed by atoms with Crippen LogP contribution in [0.1, 0.15) is 44.5 Å². The van der Waals surface area contributed by atoms with E-state index in [1.165, 1.54) is 89.6 Å². The molecule has 0 aliphatic carbocycles. The van der Waals surface area contributed by atoms with Crippen molar-refractivity contribution in [3.63, 3.8) is 0 Å². The molecular formula is C29H22ClF2N5O3. The molecule has 0 fully saturated rings. The minimum absolute atomic E-state index is 0.149. The number of nitriles is 1. The highest BCUT2D eigenvalue weighted by Gasteiger charge is 2.37. The van der Waals surface area contributed by atoms with E-state index in [0.717, 1.165) is 0 Å². The summed E-state index contributed by atoms with van der Waals surface area (Å²) in [6.07, 6.45) is 1.38. The van der Waals surface area contributed by atoms with Crippen LogP contribution in [-0.4, -0.2) is 34.7 Å².